The van der Waals surface area contributed by atoms with Crippen LogP contribution in [0.2, 0.25) is 5.02 Å². The van der Waals surface area contributed by atoms with Crippen molar-refractivity contribution in [1.29, 1.82) is 0 Å². The molecule has 176 valence electrons. The predicted molar refractivity (Wildman–Crippen MR) is 131 cm³/mol. The van der Waals surface area contributed by atoms with E-state index in [4.69, 9.17) is 11.6 Å². The number of hydrogen-bond donors (Lipinski definition) is 1. The molecule has 2 heterocycles. The molecule has 4 rings (SSSR count). The second-order valence-corrected chi connectivity index (χ2v) is 9.61. The van der Waals surface area contributed by atoms with E-state index >= 15 is 0 Å². The van der Waals surface area contributed by atoms with Gasteiger partial charge in [-0.2, -0.15) is 0 Å². The molecular weight excluding hydrogens is 436 g/mol. The Morgan fingerprint density at radius 1 is 1.00 bits per heavy atom. The highest BCUT2D eigenvalue weighted by Gasteiger charge is 2.31. The Labute approximate surface area is 201 Å². The van der Waals surface area contributed by atoms with E-state index in [1.54, 1.807) is 29.2 Å². The van der Waals surface area contributed by atoms with Crippen LogP contribution in [0.5, 0.6) is 0 Å². The summed E-state index contributed by atoms with van der Waals surface area (Å²) in [7, 11) is 2.15. The molecule has 0 radical (unpaired) electrons. The van der Waals surface area contributed by atoms with Crippen molar-refractivity contribution < 1.29 is 9.59 Å². The molecular formula is C26H33ClN4O2. The van der Waals surface area contributed by atoms with Crippen LogP contribution < -0.4 is 5.32 Å². The van der Waals surface area contributed by atoms with E-state index in [-0.39, 0.29) is 23.8 Å². The third-order valence-electron chi connectivity index (χ3n) is 6.73. The normalized spacial score (nSPS) is 20.9. The molecule has 0 saturated carbocycles. The molecule has 2 unspecified atom stereocenters. The molecule has 2 amide bonds. The average molecular weight is 469 g/mol. The van der Waals surface area contributed by atoms with E-state index < -0.39 is 0 Å². The Morgan fingerprint density at radius 3 is 2.39 bits per heavy atom. The molecule has 0 aromatic heterocycles. The largest absolute Gasteiger partial charge is 0.348 e. The van der Waals surface area contributed by atoms with Gasteiger partial charge < -0.3 is 15.1 Å². The first-order valence-electron chi connectivity index (χ1n) is 11.8. The number of hydrogen-bond acceptors (Lipinski definition) is 4. The quantitative estimate of drug-likeness (QED) is 0.706. The highest BCUT2D eigenvalue weighted by Crippen LogP contribution is 2.22. The molecule has 0 spiro atoms. The zero-order valence-corrected chi connectivity index (χ0v) is 20.0. The van der Waals surface area contributed by atoms with Gasteiger partial charge in [0.2, 0.25) is 5.91 Å². The molecule has 1 N–H and O–H groups in total. The third kappa shape index (κ3) is 6.34. The maximum atomic E-state index is 13.3. The molecule has 7 heteroatoms. The van der Waals surface area contributed by atoms with Crippen LogP contribution in [0.25, 0.3) is 0 Å². The minimum atomic E-state index is -0.200. The van der Waals surface area contributed by atoms with Crippen molar-refractivity contribution >= 4 is 23.4 Å². The van der Waals surface area contributed by atoms with E-state index in [2.05, 4.69) is 34.3 Å². The number of piperidine rings is 1. The van der Waals surface area contributed by atoms with E-state index in [0.29, 0.717) is 23.7 Å². The molecule has 0 bridgehead atoms. The van der Waals surface area contributed by atoms with E-state index in [9.17, 15) is 9.59 Å². The van der Waals surface area contributed by atoms with Crippen molar-refractivity contribution in [1.82, 2.24) is 20.0 Å². The molecule has 2 saturated heterocycles. The Balaban J connectivity index is 1.41. The summed E-state index contributed by atoms with van der Waals surface area (Å²) >= 11 is 5.96. The molecule has 2 atom stereocenters. The van der Waals surface area contributed by atoms with Crippen molar-refractivity contribution in [3.63, 3.8) is 0 Å². The summed E-state index contributed by atoms with van der Waals surface area (Å²) in [4.78, 5) is 32.8. The Bertz CT molecular complexity index is 929. The lowest BCUT2D eigenvalue weighted by atomic mass is 9.95. The number of rotatable bonds is 6. The predicted octanol–water partition coefficient (Wildman–Crippen LogP) is 3.30. The monoisotopic (exact) mass is 468 g/mol. The zero-order valence-electron chi connectivity index (χ0n) is 19.3. The fraction of sp³-hybridized carbons (Fsp3) is 0.462. The van der Waals surface area contributed by atoms with Gasteiger partial charge in [-0.15, -0.1) is 0 Å². The number of nitrogens with one attached hydrogen (secondary N) is 1. The van der Waals surface area contributed by atoms with Crippen LogP contribution in [0.15, 0.2) is 54.6 Å². The van der Waals surface area contributed by atoms with Crippen molar-refractivity contribution in [2.75, 3.05) is 52.9 Å². The third-order valence-corrected chi connectivity index (χ3v) is 6.98. The summed E-state index contributed by atoms with van der Waals surface area (Å²) in [6.07, 6.45) is 1.62. The number of halogens is 1. The summed E-state index contributed by atoms with van der Waals surface area (Å²) in [5.74, 6) is -0.207. The number of carbonyl (C=O) groups is 2. The van der Waals surface area contributed by atoms with Crippen LogP contribution in [-0.4, -0.2) is 79.4 Å². The minimum absolute atomic E-state index is 0.0339. The SMILES string of the molecule is CN1CCN(CC(NC(=O)C2CCCN(C(=O)c3ccc(Cl)cc3)C2)c2ccccc2)CC1. The second kappa shape index (κ2) is 11.1. The molecule has 2 fully saturated rings. The van der Waals surface area contributed by atoms with E-state index in [0.717, 1.165) is 51.1 Å². The first-order chi connectivity index (χ1) is 16.0. The van der Waals surface area contributed by atoms with Crippen LogP contribution in [0, 0.1) is 5.92 Å². The number of likely N-dealkylation sites (N-methyl/N-ethyl adjacent to an activating group) is 1. The van der Waals surface area contributed by atoms with Gasteiger partial charge in [-0.05, 0) is 49.7 Å². The highest BCUT2D eigenvalue weighted by molar-refractivity contribution is 6.30. The molecule has 2 aromatic rings. The number of amides is 2. The number of likely N-dealkylation sites (tertiary alicyclic amines) is 1. The fourth-order valence-corrected chi connectivity index (χ4v) is 4.77. The topological polar surface area (TPSA) is 55.9 Å². The summed E-state index contributed by atoms with van der Waals surface area (Å²) in [5, 5.41) is 3.92. The summed E-state index contributed by atoms with van der Waals surface area (Å²) in [6, 6.07) is 17.1. The van der Waals surface area contributed by atoms with Gasteiger partial charge in [0.15, 0.2) is 0 Å². The van der Waals surface area contributed by atoms with Crippen LogP contribution >= 0.6 is 11.6 Å². The maximum Gasteiger partial charge on any atom is 0.253 e. The lowest BCUT2D eigenvalue weighted by Crippen LogP contribution is -2.50. The highest BCUT2D eigenvalue weighted by atomic mass is 35.5. The number of nitrogens with zero attached hydrogens (tertiary/aromatic N) is 3. The summed E-state index contributed by atoms with van der Waals surface area (Å²) in [5.41, 5.74) is 1.73. The average Bonchev–Trinajstić information content (AvgIpc) is 2.85. The lowest BCUT2D eigenvalue weighted by Gasteiger charge is -2.36. The molecule has 2 aliphatic heterocycles. The van der Waals surface area contributed by atoms with Gasteiger partial charge in [0.1, 0.15) is 0 Å². The number of piperazine rings is 1. The van der Waals surface area contributed by atoms with Crippen LogP contribution in [0.4, 0.5) is 0 Å². The number of benzene rings is 2. The lowest BCUT2D eigenvalue weighted by molar-refractivity contribution is -0.127. The zero-order chi connectivity index (χ0) is 23.2. The van der Waals surface area contributed by atoms with Gasteiger partial charge in [-0.1, -0.05) is 41.9 Å². The number of carbonyl (C=O) groups excluding carboxylic acids is 2. The van der Waals surface area contributed by atoms with Crippen molar-refractivity contribution in [3.8, 4) is 0 Å². The van der Waals surface area contributed by atoms with Gasteiger partial charge >= 0.3 is 0 Å². The Morgan fingerprint density at radius 2 is 1.70 bits per heavy atom. The Hall–Kier alpha value is -2.41. The van der Waals surface area contributed by atoms with Crippen molar-refractivity contribution in [2.45, 2.75) is 18.9 Å². The van der Waals surface area contributed by atoms with E-state index in [1.165, 1.54) is 0 Å². The smallest absolute Gasteiger partial charge is 0.253 e. The standard InChI is InChI=1S/C26H33ClN4O2/c1-29-14-16-30(17-15-29)19-24(20-6-3-2-4-7-20)28-25(32)22-8-5-13-31(18-22)26(33)21-9-11-23(27)12-10-21/h2-4,6-7,9-12,22,24H,5,8,13-19H2,1H3,(H,28,32). The Kier molecular flexibility index (Phi) is 8.02. The molecule has 2 aliphatic rings. The molecule has 2 aromatic carbocycles. The van der Waals surface area contributed by atoms with Gasteiger partial charge in [-0.3, -0.25) is 14.5 Å². The van der Waals surface area contributed by atoms with E-state index in [1.807, 2.05) is 18.2 Å². The van der Waals surface area contributed by atoms with Gasteiger partial charge in [0, 0.05) is 56.4 Å². The van der Waals surface area contributed by atoms with Crippen LogP contribution in [0.3, 0.4) is 0 Å². The van der Waals surface area contributed by atoms with Gasteiger partial charge in [0.05, 0.1) is 12.0 Å². The van der Waals surface area contributed by atoms with Crippen molar-refractivity contribution in [2.24, 2.45) is 5.92 Å². The van der Waals surface area contributed by atoms with Gasteiger partial charge in [0.25, 0.3) is 5.91 Å². The van der Waals surface area contributed by atoms with Crippen molar-refractivity contribution in [3.05, 3.63) is 70.7 Å². The molecule has 6 nitrogen and oxygen atoms in total. The fourth-order valence-electron chi connectivity index (χ4n) is 4.65. The van der Waals surface area contributed by atoms with Crippen LogP contribution in [-0.2, 0) is 4.79 Å². The summed E-state index contributed by atoms with van der Waals surface area (Å²) < 4.78 is 0. The van der Waals surface area contributed by atoms with Crippen LogP contribution in [0.1, 0.15) is 34.8 Å². The van der Waals surface area contributed by atoms with Gasteiger partial charge in [-0.25, -0.2) is 0 Å². The first-order valence-corrected chi connectivity index (χ1v) is 12.2. The minimum Gasteiger partial charge on any atom is -0.348 e. The second-order valence-electron chi connectivity index (χ2n) is 9.17. The molecule has 0 aliphatic carbocycles. The molecule has 33 heavy (non-hydrogen) atoms. The first kappa shape index (κ1) is 23.7. The maximum absolute atomic E-state index is 13.3. The summed E-state index contributed by atoms with van der Waals surface area (Å²) in [6.45, 7) is 6.01.